The number of carbonyl (C=O) groups excluding carboxylic acids is 1. The number of nitrogens with zero attached hydrogens (tertiary/aromatic N) is 2. The zero-order chi connectivity index (χ0) is 6.69. The summed E-state index contributed by atoms with van der Waals surface area (Å²) in [6, 6.07) is 1.69. The second kappa shape index (κ2) is 2.30. The van der Waals surface area contributed by atoms with Crippen molar-refractivity contribution in [2.45, 2.75) is 0 Å². The summed E-state index contributed by atoms with van der Waals surface area (Å²) < 4.78 is 1.60. The topological polar surface area (TPSA) is 46.9 Å². The summed E-state index contributed by atoms with van der Waals surface area (Å²) in [6.45, 7) is 0. The Morgan fingerprint density at radius 1 is 1.89 bits per heavy atom. The number of aromatic nitrogens is 2. The fourth-order valence-electron chi connectivity index (χ4n) is 0.534. The Morgan fingerprint density at radius 3 is 3.11 bits per heavy atom. The molecule has 1 N–H and O–H groups in total. The first-order valence-electron chi connectivity index (χ1n) is 2.46. The van der Waals surface area contributed by atoms with Gasteiger partial charge in [-0.1, -0.05) is 0 Å². The van der Waals surface area contributed by atoms with Crippen LogP contribution < -0.4 is 5.32 Å². The van der Waals surface area contributed by atoms with E-state index in [1.54, 1.807) is 24.0 Å². The number of anilines is 1. The third-order valence-electron chi connectivity index (χ3n) is 0.893. The summed E-state index contributed by atoms with van der Waals surface area (Å²) in [7, 11) is 1.77. The Morgan fingerprint density at radius 2 is 2.67 bits per heavy atom. The molecular weight excluding hydrogens is 118 g/mol. The Bertz CT molecular complexity index is 206. The van der Waals surface area contributed by atoms with Crippen LogP contribution in [0.2, 0.25) is 0 Å². The van der Waals surface area contributed by atoms with Crippen LogP contribution in [0.25, 0.3) is 0 Å². The van der Waals surface area contributed by atoms with Gasteiger partial charge < -0.3 is 5.32 Å². The van der Waals surface area contributed by atoms with Crippen LogP contribution >= 0.6 is 0 Å². The molecule has 9 heavy (non-hydrogen) atoms. The lowest BCUT2D eigenvalue weighted by Crippen LogP contribution is -1.95. The van der Waals surface area contributed by atoms with Crippen LogP contribution in [0.5, 0.6) is 0 Å². The quantitative estimate of drug-likeness (QED) is 0.559. The van der Waals surface area contributed by atoms with Crippen molar-refractivity contribution in [3.63, 3.8) is 0 Å². The third kappa shape index (κ3) is 1.28. The molecule has 1 aromatic rings. The number of aryl methyl sites for hydroxylation is 1. The van der Waals surface area contributed by atoms with Crippen LogP contribution in [-0.2, 0) is 11.8 Å². The second-order valence-electron chi connectivity index (χ2n) is 1.60. The molecule has 0 spiro atoms. The molecule has 1 radical (unpaired) electrons. The molecule has 0 saturated carbocycles. The molecular formula is C5H6N3O. The van der Waals surface area contributed by atoms with E-state index in [0.29, 0.717) is 5.82 Å². The van der Waals surface area contributed by atoms with Crippen LogP contribution in [0.4, 0.5) is 5.82 Å². The van der Waals surface area contributed by atoms with Crippen molar-refractivity contribution < 1.29 is 4.79 Å². The predicted molar refractivity (Wildman–Crippen MR) is 32.5 cm³/mol. The van der Waals surface area contributed by atoms with Crippen molar-refractivity contribution in [3.8, 4) is 0 Å². The van der Waals surface area contributed by atoms with Gasteiger partial charge in [-0.05, 0) is 0 Å². The standard InChI is InChI=1S/C5H6N3O/c1-8-3-2-5(7-8)6-4-9/h2-3H,1H3,(H,6,7,9). The summed E-state index contributed by atoms with van der Waals surface area (Å²) in [5, 5.41) is 6.13. The smallest absolute Gasteiger partial charge is 0.301 e. The largest absolute Gasteiger partial charge is 0.315 e. The highest BCUT2D eigenvalue weighted by molar-refractivity contribution is 5.68. The highest BCUT2D eigenvalue weighted by Crippen LogP contribution is 1.97. The summed E-state index contributed by atoms with van der Waals surface area (Å²) in [4.78, 5) is 9.70. The molecule has 0 aliphatic carbocycles. The number of hydrogen-bond donors (Lipinski definition) is 1. The number of hydrogen-bond acceptors (Lipinski definition) is 2. The lowest BCUT2D eigenvalue weighted by atomic mass is 10.6. The zero-order valence-corrected chi connectivity index (χ0v) is 4.96. The van der Waals surface area contributed by atoms with E-state index in [1.807, 2.05) is 0 Å². The van der Waals surface area contributed by atoms with Gasteiger partial charge in [0.2, 0.25) is 0 Å². The van der Waals surface area contributed by atoms with E-state index in [9.17, 15) is 4.79 Å². The van der Waals surface area contributed by atoms with Gasteiger partial charge in [-0.15, -0.1) is 0 Å². The fourth-order valence-corrected chi connectivity index (χ4v) is 0.534. The molecule has 0 aliphatic rings. The highest BCUT2D eigenvalue weighted by atomic mass is 16.1. The lowest BCUT2D eigenvalue weighted by molar-refractivity contribution is 0.560. The Labute approximate surface area is 52.5 Å². The molecule has 0 unspecified atom stereocenters. The molecule has 1 aromatic heterocycles. The van der Waals surface area contributed by atoms with Crippen LogP contribution in [0.1, 0.15) is 0 Å². The first-order valence-corrected chi connectivity index (χ1v) is 2.46. The maximum Gasteiger partial charge on any atom is 0.315 e. The fraction of sp³-hybridized carbons (Fsp3) is 0.200. The molecule has 4 nitrogen and oxygen atoms in total. The van der Waals surface area contributed by atoms with Gasteiger partial charge in [-0.25, -0.2) is 0 Å². The molecule has 4 heteroatoms. The maximum absolute atomic E-state index is 9.70. The average molecular weight is 124 g/mol. The Kier molecular flexibility index (Phi) is 1.48. The van der Waals surface area contributed by atoms with Crippen molar-refractivity contribution in [3.05, 3.63) is 12.3 Å². The average Bonchev–Trinajstić information content (AvgIpc) is 2.17. The molecule has 1 rings (SSSR count). The van der Waals surface area contributed by atoms with Crippen LogP contribution in [-0.4, -0.2) is 16.2 Å². The SMILES string of the molecule is Cn1ccc(N[C]=O)n1. The Balaban J connectivity index is 2.72. The third-order valence-corrected chi connectivity index (χ3v) is 0.893. The normalized spacial score (nSPS) is 9.00. The number of amides is 1. The van der Waals surface area contributed by atoms with E-state index in [2.05, 4.69) is 10.4 Å². The summed E-state index contributed by atoms with van der Waals surface area (Å²) >= 11 is 0. The van der Waals surface area contributed by atoms with Gasteiger partial charge in [-0.3, -0.25) is 9.48 Å². The van der Waals surface area contributed by atoms with Gasteiger partial charge in [0.15, 0.2) is 5.82 Å². The van der Waals surface area contributed by atoms with Gasteiger partial charge in [0.1, 0.15) is 0 Å². The van der Waals surface area contributed by atoms with Crippen molar-refractivity contribution in [1.82, 2.24) is 9.78 Å². The van der Waals surface area contributed by atoms with Gasteiger partial charge in [0.05, 0.1) is 0 Å². The number of rotatable bonds is 2. The van der Waals surface area contributed by atoms with E-state index in [-0.39, 0.29) is 0 Å². The summed E-state index contributed by atoms with van der Waals surface area (Å²) in [6.07, 6.45) is 3.26. The summed E-state index contributed by atoms with van der Waals surface area (Å²) in [5.74, 6) is 0.521. The molecule has 0 fully saturated rings. The second-order valence-corrected chi connectivity index (χ2v) is 1.60. The van der Waals surface area contributed by atoms with Gasteiger partial charge >= 0.3 is 6.41 Å². The minimum absolute atomic E-state index is 0.521. The Hall–Kier alpha value is -1.32. The molecule has 0 aliphatic heterocycles. The molecule has 47 valence electrons. The van der Waals surface area contributed by atoms with Crippen LogP contribution in [0.15, 0.2) is 12.3 Å². The van der Waals surface area contributed by atoms with Crippen LogP contribution in [0, 0.1) is 0 Å². The van der Waals surface area contributed by atoms with Crippen molar-refractivity contribution in [1.29, 1.82) is 0 Å². The monoisotopic (exact) mass is 124 g/mol. The van der Waals surface area contributed by atoms with Gasteiger partial charge in [0.25, 0.3) is 0 Å². The van der Waals surface area contributed by atoms with Gasteiger partial charge in [-0.2, -0.15) is 5.10 Å². The molecule has 1 heterocycles. The molecule has 0 aromatic carbocycles. The minimum atomic E-state index is 0.521. The minimum Gasteiger partial charge on any atom is -0.301 e. The van der Waals surface area contributed by atoms with E-state index in [1.165, 1.54) is 6.41 Å². The zero-order valence-electron chi connectivity index (χ0n) is 4.96. The maximum atomic E-state index is 9.70. The van der Waals surface area contributed by atoms with Crippen molar-refractivity contribution >= 4 is 12.2 Å². The summed E-state index contributed by atoms with van der Waals surface area (Å²) in [5.41, 5.74) is 0. The van der Waals surface area contributed by atoms with Crippen molar-refractivity contribution in [2.24, 2.45) is 7.05 Å². The van der Waals surface area contributed by atoms with Crippen molar-refractivity contribution in [2.75, 3.05) is 5.32 Å². The molecule has 1 amide bonds. The van der Waals surface area contributed by atoms with E-state index in [0.717, 1.165) is 0 Å². The first kappa shape index (κ1) is 5.81. The molecule has 0 saturated heterocycles. The van der Waals surface area contributed by atoms with E-state index in [4.69, 9.17) is 0 Å². The van der Waals surface area contributed by atoms with E-state index < -0.39 is 0 Å². The lowest BCUT2D eigenvalue weighted by Gasteiger charge is -1.85. The molecule has 0 bridgehead atoms. The van der Waals surface area contributed by atoms with E-state index >= 15 is 0 Å². The first-order chi connectivity index (χ1) is 4.33. The highest BCUT2D eigenvalue weighted by Gasteiger charge is 1.90. The van der Waals surface area contributed by atoms with Crippen LogP contribution in [0.3, 0.4) is 0 Å². The number of nitrogens with one attached hydrogen (secondary N) is 1. The predicted octanol–water partition coefficient (Wildman–Crippen LogP) is -0.101. The van der Waals surface area contributed by atoms with Gasteiger partial charge in [0, 0.05) is 19.3 Å². The molecule has 0 atom stereocenters.